The van der Waals surface area contributed by atoms with Crippen LogP contribution in [0.2, 0.25) is 25.7 Å². The van der Waals surface area contributed by atoms with Crippen molar-refractivity contribution in [2.45, 2.75) is 103 Å². The van der Waals surface area contributed by atoms with Crippen LogP contribution in [-0.4, -0.2) is 105 Å². The predicted molar refractivity (Wildman–Crippen MR) is 158 cm³/mol. The molecule has 0 saturated carbocycles. The fraction of sp³-hybridized carbons (Fsp3) is 0.828. The van der Waals surface area contributed by atoms with Crippen molar-refractivity contribution in [1.29, 1.82) is 0 Å². The quantitative estimate of drug-likeness (QED) is 0.150. The van der Waals surface area contributed by atoms with Crippen LogP contribution in [0.15, 0.2) is 12.2 Å². The zero-order valence-electron chi connectivity index (χ0n) is 26.3. The summed E-state index contributed by atoms with van der Waals surface area (Å²) in [5.41, 5.74) is -0.535. The number of imide groups is 1. The number of ether oxygens (including phenoxy) is 4. The zero-order valence-corrected chi connectivity index (χ0v) is 27.3. The second-order valence-electron chi connectivity index (χ2n) is 13.6. The summed E-state index contributed by atoms with van der Waals surface area (Å²) < 4.78 is 23.4. The molecule has 2 aliphatic rings. The number of nitrogens with one attached hydrogen (secondary N) is 1. The van der Waals surface area contributed by atoms with E-state index in [4.69, 9.17) is 18.9 Å². The maximum absolute atomic E-state index is 13.1. The summed E-state index contributed by atoms with van der Waals surface area (Å²) in [4.78, 5) is 41.2. The molecule has 10 nitrogen and oxygen atoms in total. The van der Waals surface area contributed by atoms with Crippen molar-refractivity contribution >= 4 is 26.0 Å². The number of morpholine rings is 1. The first-order chi connectivity index (χ1) is 18.4. The van der Waals surface area contributed by atoms with E-state index in [0.717, 1.165) is 11.6 Å². The van der Waals surface area contributed by atoms with Crippen LogP contribution in [0.4, 0.5) is 4.79 Å². The molecule has 40 heavy (non-hydrogen) atoms. The van der Waals surface area contributed by atoms with Crippen molar-refractivity contribution in [3.63, 3.8) is 0 Å². The molecule has 2 heterocycles. The topological polar surface area (TPSA) is 107 Å². The standard InChI is InChI=1S/C29H53N3O7Si/c1-21(2)29(7,38-19-23-18-36-14-13-31(23)27(35)39-28(4,5)6)22(3)17-30-24-11-12-25(33)32(26(24)34)20-37-15-16-40(8,9)10/h21,23-24,30H,3,11-20H2,1-2,4-10H3/t23-,24?,29?/m0/s1. The largest absolute Gasteiger partial charge is 0.444 e. The van der Waals surface area contributed by atoms with Crippen LogP contribution in [-0.2, 0) is 28.5 Å². The molecule has 230 valence electrons. The molecule has 3 atom stereocenters. The van der Waals surface area contributed by atoms with Crippen molar-refractivity contribution in [2.24, 2.45) is 5.92 Å². The molecule has 2 aliphatic heterocycles. The fourth-order valence-corrected chi connectivity index (χ4v) is 5.18. The van der Waals surface area contributed by atoms with Crippen LogP contribution in [0.25, 0.3) is 0 Å². The fourth-order valence-electron chi connectivity index (χ4n) is 4.42. The van der Waals surface area contributed by atoms with Gasteiger partial charge in [-0.1, -0.05) is 40.1 Å². The highest BCUT2D eigenvalue weighted by atomic mass is 28.3. The monoisotopic (exact) mass is 583 g/mol. The Kier molecular flexibility index (Phi) is 12.4. The molecular formula is C29H53N3O7Si. The summed E-state index contributed by atoms with van der Waals surface area (Å²) >= 11 is 0. The summed E-state index contributed by atoms with van der Waals surface area (Å²) in [6.45, 7) is 25.1. The molecule has 0 radical (unpaired) electrons. The van der Waals surface area contributed by atoms with Crippen molar-refractivity contribution in [1.82, 2.24) is 15.1 Å². The maximum atomic E-state index is 13.1. The normalized spacial score (nSPS) is 22.4. The Morgan fingerprint density at radius 3 is 2.48 bits per heavy atom. The summed E-state index contributed by atoms with van der Waals surface area (Å²) in [6, 6.07) is 0.185. The average Bonchev–Trinajstić information content (AvgIpc) is 2.84. The molecule has 11 heteroatoms. The molecule has 2 fully saturated rings. The minimum atomic E-state index is -1.26. The van der Waals surface area contributed by atoms with Crippen LogP contribution >= 0.6 is 0 Å². The SMILES string of the molecule is C=C(CNC1CCC(=O)N(COCC[Si](C)(C)C)C1=O)C(C)(OC[C@@H]1COCCN1C(=O)OC(C)(C)C)C(C)C. The first kappa shape index (κ1) is 34.4. The average molecular weight is 584 g/mol. The molecule has 0 spiro atoms. The number of rotatable bonds is 13. The third-order valence-corrected chi connectivity index (χ3v) is 9.23. The molecule has 3 amide bonds. The van der Waals surface area contributed by atoms with E-state index < -0.39 is 25.3 Å². The third kappa shape index (κ3) is 10.2. The Balaban J connectivity index is 1.97. The minimum Gasteiger partial charge on any atom is -0.444 e. The molecule has 0 aromatic heterocycles. The minimum absolute atomic E-state index is 0.00823. The van der Waals surface area contributed by atoms with Crippen molar-refractivity contribution in [2.75, 3.05) is 46.2 Å². The van der Waals surface area contributed by atoms with Crippen molar-refractivity contribution in [3.8, 4) is 0 Å². The van der Waals surface area contributed by atoms with Gasteiger partial charge in [0.25, 0.3) is 0 Å². The number of amides is 3. The molecule has 0 aromatic carbocycles. The molecule has 2 rings (SSSR count). The third-order valence-electron chi connectivity index (χ3n) is 7.53. The zero-order chi connectivity index (χ0) is 30.3. The number of carbonyl (C=O) groups is 3. The van der Waals surface area contributed by atoms with Gasteiger partial charge in [0.2, 0.25) is 11.8 Å². The first-order valence-corrected chi connectivity index (χ1v) is 18.2. The molecular weight excluding hydrogens is 530 g/mol. The van der Waals surface area contributed by atoms with E-state index in [-0.39, 0.29) is 49.6 Å². The van der Waals surface area contributed by atoms with Gasteiger partial charge in [0.05, 0.1) is 37.5 Å². The Bertz CT molecular complexity index is 899. The molecule has 1 N–H and O–H groups in total. The first-order valence-electron chi connectivity index (χ1n) is 14.5. The van der Waals surface area contributed by atoms with E-state index in [1.54, 1.807) is 4.90 Å². The molecule has 0 bridgehead atoms. The Morgan fingerprint density at radius 2 is 1.88 bits per heavy atom. The number of hydrogen-bond donors (Lipinski definition) is 1. The van der Waals surface area contributed by atoms with Gasteiger partial charge in [0.1, 0.15) is 12.3 Å². The van der Waals surface area contributed by atoms with E-state index in [9.17, 15) is 14.4 Å². The van der Waals surface area contributed by atoms with Crippen molar-refractivity contribution < 1.29 is 33.3 Å². The maximum Gasteiger partial charge on any atom is 0.410 e. The van der Waals surface area contributed by atoms with Crippen LogP contribution in [0.3, 0.4) is 0 Å². The molecule has 0 aromatic rings. The van der Waals surface area contributed by atoms with Gasteiger partial charge in [-0.05, 0) is 51.7 Å². The van der Waals surface area contributed by atoms with Gasteiger partial charge in [0.15, 0.2) is 0 Å². The highest BCUT2D eigenvalue weighted by Gasteiger charge is 2.39. The van der Waals surface area contributed by atoms with Crippen molar-refractivity contribution in [3.05, 3.63) is 12.2 Å². The number of hydrogen-bond acceptors (Lipinski definition) is 8. The lowest BCUT2D eigenvalue weighted by Gasteiger charge is -2.41. The van der Waals surface area contributed by atoms with Gasteiger partial charge in [-0.2, -0.15) is 0 Å². The van der Waals surface area contributed by atoms with Gasteiger partial charge >= 0.3 is 6.09 Å². The van der Waals surface area contributed by atoms with Crippen LogP contribution in [0, 0.1) is 5.92 Å². The number of carbonyl (C=O) groups excluding carboxylic acids is 3. The van der Waals surface area contributed by atoms with Gasteiger partial charge in [-0.25, -0.2) is 4.79 Å². The summed E-state index contributed by atoms with van der Waals surface area (Å²) in [5.74, 6) is -0.396. The lowest BCUT2D eigenvalue weighted by molar-refractivity contribution is -0.156. The van der Waals surface area contributed by atoms with Crippen LogP contribution in [0.5, 0.6) is 0 Å². The van der Waals surface area contributed by atoms with E-state index in [0.29, 0.717) is 39.3 Å². The second kappa shape index (κ2) is 14.4. The van der Waals surface area contributed by atoms with E-state index >= 15 is 0 Å². The predicted octanol–water partition coefficient (Wildman–Crippen LogP) is 4.03. The van der Waals surface area contributed by atoms with Crippen LogP contribution in [0.1, 0.15) is 54.4 Å². The number of nitrogens with zero attached hydrogens (tertiary/aromatic N) is 2. The second-order valence-corrected chi connectivity index (χ2v) is 19.2. The summed E-state index contributed by atoms with van der Waals surface area (Å²) in [5, 5.41) is 3.31. The Morgan fingerprint density at radius 1 is 1.20 bits per heavy atom. The van der Waals surface area contributed by atoms with Gasteiger partial charge in [0, 0.05) is 34.2 Å². The highest BCUT2D eigenvalue weighted by Crippen LogP contribution is 2.30. The van der Waals surface area contributed by atoms with Gasteiger partial charge in [-0.3, -0.25) is 19.4 Å². The summed E-state index contributed by atoms with van der Waals surface area (Å²) in [7, 11) is -1.26. The molecule has 2 saturated heterocycles. The lowest BCUT2D eigenvalue weighted by Crippen LogP contribution is -2.55. The Hall–Kier alpha value is -1.79. The summed E-state index contributed by atoms with van der Waals surface area (Å²) in [6.07, 6.45) is 0.336. The molecule has 2 unspecified atom stereocenters. The van der Waals surface area contributed by atoms with Gasteiger partial charge < -0.3 is 24.3 Å². The lowest BCUT2D eigenvalue weighted by atomic mass is 9.85. The van der Waals surface area contributed by atoms with E-state index in [2.05, 4.69) is 45.4 Å². The number of piperidine rings is 1. The van der Waals surface area contributed by atoms with E-state index in [1.807, 2.05) is 27.7 Å². The molecule has 0 aliphatic carbocycles. The Labute approximate surface area is 242 Å². The van der Waals surface area contributed by atoms with Gasteiger partial charge in [-0.15, -0.1) is 0 Å². The highest BCUT2D eigenvalue weighted by molar-refractivity contribution is 6.76. The van der Waals surface area contributed by atoms with Crippen LogP contribution < -0.4 is 5.32 Å². The van der Waals surface area contributed by atoms with E-state index in [1.165, 1.54) is 4.90 Å². The smallest absolute Gasteiger partial charge is 0.410 e. The number of likely N-dealkylation sites (tertiary alicyclic amines) is 1.